The number of isocyanates is 1. The van der Waals surface area contributed by atoms with E-state index >= 15 is 0 Å². The highest BCUT2D eigenvalue weighted by Gasteiger charge is 2.18. The molecule has 0 unspecified atom stereocenters. The number of rotatable bonds is 2. The highest BCUT2D eigenvalue weighted by Crippen LogP contribution is 2.20. The lowest BCUT2D eigenvalue weighted by molar-refractivity contribution is 0.00695. The third kappa shape index (κ3) is 3.81. The second-order valence-electron chi connectivity index (χ2n) is 4.37. The largest absolute Gasteiger partial charge is 0.456 e. The molecule has 0 aliphatic carbocycles. The predicted molar refractivity (Wildman–Crippen MR) is 59.4 cm³/mol. The number of carbonyl (C=O) groups is 1. The van der Waals surface area contributed by atoms with Crippen LogP contribution < -0.4 is 0 Å². The van der Waals surface area contributed by atoms with E-state index in [0.29, 0.717) is 0 Å². The molecule has 1 aromatic carbocycles. The van der Waals surface area contributed by atoms with E-state index in [2.05, 4.69) is 4.99 Å². The molecule has 0 N–H and O–H groups in total. The molecule has 17 heavy (non-hydrogen) atoms. The lowest BCUT2D eigenvalue weighted by atomic mass is 10.1. The molecule has 4 nitrogen and oxygen atoms in total. The van der Waals surface area contributed by atoms with Crippen molar-refractivity contribution in [3.8, 4) is 0 Å². The minimum absolute atomic E-state index is 0.135. The Morgan fingerprint density at radius 3 is 2.59 bits per heavy atom. The van der Waals surface area contributed by atoms with Crippen molar-refractivity contribution in [3.05, 3.63) is 29.6 Å². The van der Waals surface area contributed by atoms with Crippen LogP contribution in [-0.2, 0) is 9.53 Å². The quantitative estimate of drug-likeness (QED) is 0.451. The van der Waals surface area contributed by atoms with Crippen LogP contribution in [-0.4, -0.2) is 17.7 Å². The predicted octanol–water partition coefficient (Wildman–Crippen LogP) is 2.75. The topological polar surface area (TPSA) is 55.7 Å². The Morgan fingerprint density at radius 1 is 1.41 bits per heavy atom. The van der Waals surface area contributed by atoms with Crippen molar-refractivity contribution in [1.29, 1.82) is 0 Å². The van der Waals surface area contributed by atoms with Gasteiger partial charge in [-0.3, -0.25) is 0 Å². The zero-order valence-corrected chi connectivity index (χ0v) is 9.78. The van der Waals surface area contributed by atoms with Crippen LogP contribution in [0.1, 0.15) is 31.1 Å². The zero-order chi connectivity index (χ0) is 13.1. The Balaban J connectivity index is 3.04. The van der Waals surface area contributed by atoms with E-state index in [9.17, 15) is 14.0 Å². The minimum atomic E-state index is -0.694. The van der Waals surface area contributed by atoms with Gasteiger partial charge < -0.3 is 4.74 Å². The van der Waals surface area contributed by atoms with Crippen LogP contribution in [0.3, 0.4) is 0 Å². The first-order valence-corrected chi connectivity index (χ1v) is 4.94. The maximum atomic E-state index is 13.1. The molecule has 0 fully saturated rings. The zero-order valence-electron chi connectivity index (χ0n) is 9.78. The van der Waals surface area contributed by atoms with Crippen LogP contribution in [0.5, 0.6) is 0 Å². The maximum absolute atomic E-state index is 13.1. The molecule has 0 heterocycles. The van der Waals surface area contributed by atoms with Crippen LogP contribution in [0.15, 0.2) is 23.2 Å². The van der Waals surface area contributed by atoms with E-state index in [1.807, 2.05) is 0 Å². The normalized spacial score (nSPS) is 10.6. The molecule has 0 aliphatic rings. The molecule has 1 aromatic rings. The van der Waals surface area contributed by atoms with Crippen LogP contribution in [0, 0.1) is 5.82 Å². The average molecular weight is 237 g/mol. The highest BCUT2D eigenvalue weighted by molar-refractivity contribution is 5.90. The van der Waals surface area contributed by atoms with Crippen molar-refractivity contribution in [2.45, 2.75) is 26.4 Å². The first-order chi connectivity index (χ1) is 7.83. The molecular weight excluding hydrogens is 225 g/mol. The molecule has 0 saturated carbocycles. The Labute approximate surface area is 98.1 Å². The first-order valence-electron chi connectivity index (χ1n) is 4.94. The average Bonchev–Trinajstić information content (AvgIpc) is 2.19. The third-order valence-corrected chi connectivity index (χ3v) is 1.75. The fourth-order valence-corrected chi connectivity index (χ4v) is 1.11. The molecule has 0 radical (unpaired) electrons. The maximum Gasteiger partial charge on any atom is 0.338 e. The van der Waals surface area contributed by atoms with Crippen molar-refractivity contribution in [2.24, 2.45) is 4.99 Å². The van der Waals surface area contributed by atoms with Gasteiger partial charge in [0, 0.05) is 0 Å². The van der Waals surface area contributed by atoms with Crippen molar-refractivity contribution in [3.63, 3.8) is 0 Å². The number of benzene rings is 1. The summed E-state index contributed by atoms with van der Waals surface area (Å²) in [6.07, 6.45) is 1.22. The van der Waals surface area contributed by atoms with Crippen LogP contribution in [0.4, 0.5) is 10.1 Å². The molecule has 0 bridgehead atoms. The van der Waals surface area contributed by atoms with E-state index < -0.39 is 17.4 Å². The Hall–Kier alpha value is -2.00. The van der Waals surface area contributed by atoms with Gasteiger partial charge in [0.25, 0.3) is 0 Å². The Morgan fingerprint density at radius 2 is 2.06 bits per heavy atom. The molecule has 0 saturated heterocycles. The fourth-order valence-electron chi connectivity index (χ4n) is 1.11. The van der Waals surface area contributed by atoms with E-state index in [4.69, 9.17) is 4.74 Å². The van der Waals surface area contributed by atoms with Gasteiger partial charge in [0.05, 0.1) is 5.56 Å². The van der Waals surface area contributed by atoms with E-state index in [1.165, 1.54) is 12.1 Å². The summed E-state index contributed by atoms with van der Waals surface area (Å²) in [4.78, 5) is 24.9. The van der Waals surface area contributed by atoms with Crippen molar-refractivity contribution in [1.82, 2.24) is 0 Å². The lowest BCUT2D eigenvalue weighted by Crippen LogP contribution is -2.23. The highest BCUT2D eigenvalue weighted by atomic mass is 19.1. The summed E-state index contributed by atoms with van der Waals surface area (Å²) in [5, 5.41) is 0. The minimum Gasteiger partial charge on any atom is -0.456 e. The number of nitrogens with zero attached hydrogens (tertiary/aromatic N) is 1. The molecule has 0 aliphatic heterocycles. The number of halogens is 1. The number of hydrogen-bond donors (Lipinski definition) is 0. The lowest BCUT2D eigenvalue weighted by Gasteiger charge is -2.19. The second kappa shape index (κ2) is 4.89. The fraction of sp³-hybridized carbons (Fsp3) is 0.333. The molecule has 0 atom stereocenters. The van der Waals surface area contributed by atoms with Gasteiger partial charge in [-0.05, 0) is 39.0 Å². The molecular formula is C12H12FNO3. The molecule has 1 rings (SSSR count). The smallest absolute Gasteiger partial charge is 0.338 e. The summed E-state index contributed by atoms with van der Waals surface area (Å²) < 4.78 is 18.2. The second-order valence-corrected chi connectivity index (χ2v) is 4.37. The molecule has 0 spiro atoms. The number of esters is 1. The summed E-state index contributed by atoms with van der Waals surface area (Å²) in [7, 11) is 0. The summed E-state index contributed by atoms with van der Waals surface area (Å²) in [6, 6.07) is 3.47. The van der Waals surface area contributed by atoms with Crippen molar-refractivity contribution >= 4 is 17.7 Å². The van der Waals surface area contributed by atoms with E-state index in [1.54, 1.807) is 20.8 Å². The van der Waals surface area contributed by atoms with Crippen molar-refractivity contribution < 1.29 is 18.7 Å². The first kappa shape index (κ1) is 13.1. The molecule has 0 aromatic heterocycles. The Kier molecular flexibility index (Phi) is 3.76. The number of carbonyl (C=O) groups excluding carboxylic acids is 2. The van der Waals surface area contributed by atoms with Gasteiger partial charge in [0.15, 0.2) is 0 Å². The summed E-state index contributed by atoms with van der Waals surface area (Å²) >= 11 is 0. The van der Waals surface area contributed by atoms with E-state index in [-0.39, 0.29) is 11.3 Å². The SMILES string of the molecule is CC(C)(C)OC(=O)c1ccc(F)c(N=C=O)c1. The Bertz CT molecular complexity index is 485. The molecule has 5 heteroatoms. The van der Waals surface area contributed by atoms with Gasteiger partial charge in [-0.25, -0.2) is 14.0 Å². The third-order valence-electron chi connectivity index (χ3n) is 1.75. The van der Waals surface area contributed by atoms with E-state index in [0.717, 1.165) is 12.1 Å². The summed E-state index contributed by atoms with van der Waals surface area (Å²) in [5.74, 6) is -1.29. The van der Waals surface area contributed by atoms with Gasteiger partial charge in [0.1, 0.15) is 17.1 Å². The summed E-state index contributed by atoms with van der Waals surface area (Å²) in [6.45, 7) is 5.16. The van der Waals surface area contributed by atoms with Gasteiger partial charge in [-0.1, -0.05) is 0 Å². The van der Waals surface area contributed by atoms with Gasteiger partial charge in [-0.2, -0.15) is 4.99 Å². The van der Waals surface area contributed by atoms with Crippen LogP contribution >= 0.6 is 0 Å². The number of ether oxygens (including phenoxy) is 1. The number of hydrogen-bond acceptors (Lipinski definition) is 4. The van der Waals surface area contributed by atoms with Crippen LogP contribution in [0.2, 0.25) is 0 Å². The number of aliphatic imine (C=N–C) groups is 1. The van der Waals surface area contributed by atoms with Gasteiger partial charge >= 0.3 is 5.97 Å². The summed E-state index contributed by atoms with van der Waals surface area (Å²) in [5.41, 5.74) is -0.738. The standard InChI is InChI=1S/C12H12FNO3/c1-12(2,3)17-11(16)8-4-5-9(13)10(6-8)14-7-15/h4-6H,1-3H3. The monoisotopic (exact) mass is 237 g/mol. The van der Waals surface area contributed by atoms with Gasteiger partial charge in [-0.15, -0.1) is 0 Å². The van der Waals surface area contributed by atoms with Crippen molar-refractivity contribution in [2.75, 3.05) is 0 Å². The molecule has 90 valence electrons. The van der Waals surface area contributed by atoms with Gasteiger partial charge in [0.2, 0.25) is 6.08 Å². The van der Waals surface area contributed by atoms with Crippen LogP contribution in [0.25, 0.3) is 0 Å². The molecule has 0 amide bonds.